The van der Waals surface area contributed by atoms with Crippen LogP contribution in [0, 0.1) is 12.8 Å². The summed E-state index contributed by atoms with van der Waals surface area (Å²) < 4.78 is 35.1. The summed E-state index contributed by atoms with van der Waals surface area (Å²) in [5.41, 5.74) is 1.20. The van der Waals surface area contributed by atoms with E-state index in [9.17, 15) is 8.42 Å². The molecule has 2 aromatic rings. The van der Waals surface area contributed by atoms with Crippen LogP contribution in [-0.2, 0) is 21.3 Å². The van der Waals surface area contributed by atoms with Crippen LogP contribution in [0.15, 0.2) is 41.4 Å². The lowest BCUT2D eigenvalue weighted by atomic mass is 9.96. The van der Waals surface area contributed by atoms with Gasteiger partial charge in [0.15, 0.2) is 0 Å². The van der Waals surface area contributed by atoms with Crippen LogP contribution in [0.3, 0.4) is 0 Å². The van der Waals surface area contributed by atoms with Crippen LogP contribution in [0.5, 0.6) is 0 Å². The molecule has 0 spiro atoms. The fraction of sp³-hybridized carbons (Fsp3) is 0.571. The number of sulfonamides is 1. The molecule has 2 fully saturated rings. The monoisotopic (exact) mass is 403 g/mol. The Hall–Kier alpha value is -1.70. The second-order valence-corrected chi connectivity index (χ2v) is 9.85. The van der Waals surface area contributed by atoms with Gasteiger partial charge in [-0.05, 0) is 50.7 Å². The number of hydrogen-bond donors (Lipinski definition) is 0. The van der Waals surface area contributed by atoms with E-state index >= 15 is 0 Å². The van der Waals surface area contributed by atoms with Crippen molar-refractivity contribution in [2.24, 2.45) is 5.92 Å². The maximum Gasteiger partial charge on any atom is 0.243 e. The number of piperidine rings is 1. The van der Waals surface area contributed by atoms with Crippen LogP contribution < -0.4 is 0 Å². The van der Waals surface area contributed by atoms with Crippen molar-refractivity contribution in [3.63, 3.8) is 0 Å². The fourth-order valence-electron chi connectivity index (χ4n) is 4.33. The summed E-state index contributed by atoms with van der Waals surface area (Å²) in [7, 11) is -3.38. The minimum atomic E-state index is -3.38. The first-order valence-corrected chi connectivity index (χ1v) is 11.6. The highest BCUT2D eigenvalue weighted by Gasteiger charge is 2.30. The molecule has 0 atom stereocenters. The average molecular weight is 404 g/mol. The van der Waals surface area contributed by atoms with E-state index in [0.717, 1.165) is 45.4 Å². The molecule has 7 heteroatoms. The average Bonchev–Trinajstić information content (AvgIpc) is 3.10. The molecule has 0 aliphatic carbocycles. The molecule has 28 heavy (non-hydrogen) atoms. The molecular formula is C21H29N3O3S. The number of nitrogens with zero attached hydrogens (tertiary/aromatic N) is 3. The molecule has 6 nitrogen and oxygen atoms in total. The zero-order valence-electron chi connectivity index (χ0n) is 16.5. The Bertz CT molecular complexity index is 881. The van der Waals surface area contributed by atoms with Gasteiger partial charge in [-0.15, -0.1) is 0 Å². The molecule has 0 unspecified atom stereocenters. The summed E-state index contributed by atoms with van der Waals surface area (Å²) in [6.07, 6.45) is 5.81. The van der Waals surface area contributed by atoms with Gasteiger partial charge in [-0.25, -0.2) is 13.4 Å². The van der Waals surface area contributed by atoms with Crippen molar-refractivity contribution in [3.8, 4) is 0 Å². The third kappa shape index (κ3) is 4.02. The SMILES string of the molecule is Cc1cnc(C2CCOCC2)n1CC1CCN(S(=O)(=O)c2ccccc2)CC1. The zero-order chi connectivity index (χ0) is 19.6. The molecule has 3 heterocycles. The highest BCUT2D eigenvalue weighted by molar-refractivity contribution is 7.89. The highest BCUT2D eigenvalue weighted by atomic mass is 32.2. The molecular weight excluding hydrogens is 374 g/mol. The molecule has 1 aromatic heterocycles. The van der Waals surface area contributed by atoms with E-state index in [2.05, 4.69) is 11.5 Å². The van der Waals surface area contributed by atoms with Crippen LogP contribution in [0.1, 0.15) is 43.1 Å². The molecule has 0 amide bonds. The van der Waals surface area contributed by atoms with Crippen molar-refractivity contribution in [2.75, 3.05) is 26.3 Å². The van der Waals surface area contributed by atoms with Crippen molar-refractivity contribution < 1.29 is 13.2 Å². The third-order valence-corrected chi connectivity index (χ3v) is 7.98. The Balaban J connectivity index is 1.41. The Morgan fingerprint density at radius 3 is 2.43 bits per heavy atom. The minimum absolute atomic E-state index is 0.390. The van der Waals surface area contributed by atoms with E-state index in [1.807, 2.05) is 12.3 Å². The van der Waals surface area contributed by atoms with Gasteiger partial charge in [0.05, 0.1) is 4.90 Å². The molecule has 152 valence electrons. The predicted octanol–water partition coefficient (Wildman–Crippen LogP) is 3.19. The van der Waals surface area contributed by atoms with Crippen LogP contribution in [0.2, 0.25) is 0 Å². The topological polar surface area (TPSA) is 64.4 Å². The fourth-order valence-corrected chi connectivity index (χ4v) is 5.82. The van der Waals surface area contributed by atoms with Crippen LogP contribution in [0.25, 0.3) is 0 Å². The van der Waals surface area contributed by atoms with Gasteiger partial charge in [-0.3, -0.25) is 0 Å². The summed E-state index contributed by atoms with van der Waals surface area (Å²) in [6, 6.07) is 8.75. The van der Waals surface area contributed by atoms with Gasteiger partial charge in [-0.1, -0.05) is 18.2 Å². The summed E-state index contributed by atoms with van der Waals surface area (Å²) in [4.78, 5) is 5.09. The van der Waals surface area contributed by atoms with E-state index in [1.54, 1.807) is 28.6 Å². The number of imidazole rings is 1. The Kier molecular flexibility index (Phi) is 5.85. The van der Waals surface area contributed by atoms with Crippen LogP contribution in [-0.4, -0.2) is 48.6 Å². The summed E-state index contributed by atoms with van der Waals surface area (Å²) >= 11 is 0. The number of aryl methyl sites for hydroxylation is 1. The Morgan fingerprint density at radius 1 is 1.07 bits per heavy atom. The largest absolute Gasteiger partial charge is 0.381 e. The molecule has 0 bridgehead atoms. The lowest BCUT2D eigenvalue weighted by Crippen LogP contribution is -2.39. The minimum Gasteiger partial charge on any atom is -0.381 e. The first-order chi connectivity index (χ1) is 13.6. The second kappa shape index (κ2) is 8.35. The van der Waals surface area contributed by atoms with E-state index in [-0.39, 0.29) is 0 Å². The number of hydrogen-bond acceptors (Lipinski definition) is 4. The smallest absolute Gasteiger partial charge is 0.243 e. The molecule has 0 N–H and O–H groups in total. The van der Waals surface area contributed by atoms with Crippen molar-refractivity contribution in [1.82, 2.24) is 13.9 Å². The van der Waals surface area contributed by atoms with Crippen molar-refractivity contribution >= 4 is 10.0 Å². The van der Waals surface area contributed by atoms with Crippen molar-refractivity contribution in [3.05, 3.63) is 48.0 Å². The highest BCUT2D eigenvalue weighted by Crippen LogP contribution is 2.30. The van der Waals surface area contributed by atoms with Gasteiger partial charge in [0.1, 0.15) is 5.82 Å². The molecule has 1 aromatic carbocycles. The van der Waals surface area contributed by atoms with Gasteiger partial charge >= 0.3 is 0 Å². The van der Waals surface area contributed by atoms with Gasteiger partial charge < -0.3 is 9.30 Å². The molecule has 0 radical (unpaired) electrons. The van der Waals surface area contributed by atoms with Gasteiger partial charge in [0.2, 0.25) is 10.0 Å². The van der Waals surface area contributed by atoms with E-state index in [4.69, 9.17) is 9.72 Å². The first kappa shape index (κ1) is 19.6. The molecule has 0 saturated carbocycles. The van der Waals surface area contributed by atoms with Crippen LogP contribution in [0.4, 0.5) is 0 Å². The third-order valence-electron chi connectivity index (χ3n) is 6.07. The summed E-state index contributed by atoms with van der Waals surface area (Å²) in [5, 5.41) is 0. The summed E-state index contributed by atoms with van der Waals surface area (Å²) in [6.45, 7) is 5.84. The predicted molar refractivity (Wildman–Crippen MR) is 108 cm³/mol. The van der Waals surface area contributed by atoms with Crippen molar-refractivity contribution in [2.45, 2.75) is 50.0 Å². The number of aromatic nitrogens is 2. The maximum absolute atomic E-state index is 12.8. The van der Waals surface area contributed by atoms with Crippen molar-refractivity contribution in [1.29, 1.82) is 0 Å². The van der Waals surface area contributed by atoms with E-state index < -0.39 is 10.0 Å². The lowest BCUT2D eigenvalue weighted by molar-refractivity contribution is 0.0824. The zero-order valence-corrected chi connectivity index (χ0v) is 17.3. The molecule has 4 rings (SSSR count). The van der Waals surface area contributed by atoms with Crippen LogP contribution >= 0.6 is 0 Å². The molecule has 2 aliphatic rings. The van der Waals surface area contributed by atoms with Gasteiger partial charge in [0.25, 0.3) is 0 Å². The van der Waals surface area contributed by atoms with E-state index in [1.165, 1.54) is 11.5 Å². The quantitative estimate of drug-likeness (QED) is 0.769. The first-order valence-electron chi connectivity index (χ1n) is 10.2. The van der Waals surface area contributed by atoms with Gasteiger partial charge in [0, 0.05) is 50.7 Å². The Labute approximate surface area is 167 Å². The number of benzene rings is 1. The standard InChI is InChI=1S/C21H29N3O3S/c1-17-15-22-21(19-9-13-27-14-10-19)24(17)16-18-7-11-23(12-8-18)28(25,26)20-5-3-2-4-6-20/h2-6,15,18-19H,7-14,16H2,1H3. The normalized spacial score (nSPS) is 20.5. The molecule has 2 aliphatic heterocycles. The lowest BCUT2D eigenvalue weighted by Gasteiger charge is -2.32. The van der Waals surface area contributed by atoms with Gasteiger partial charge in [-0.2, -0.15) is 4.31 Å². The maximum atomic E-state index is 12.8. The number of rotatable bonds is 5. The van der Waals surface area contributed by atoms with E-state index in [0.29, 0.717) is 29.8 Å². The second-order valence-electron chi connectivity index (χ2n) is 7.92. The summed E-state index contributed by atoms with van der Waals surface area (Å²) in [5.74, 6) is 2.13. The molecule has 2 saturated heterocycles. The number of ether oxygens (including phenoxy) is 1. The Morgan fingerprint density at radius 2 is 1.75 bits per heavy atom.